The molecule has 0 saturated carbocycles. The first-order valence-electron chi connectivity index (χ1n) is 12.4. The van der Waals surface area contributed by atoms with Crippen LogP contribution in [0.1, 0.15) is 48.6 Å². The number of likely N-dealkylation sites (tertiary alicyclic amines) is 1. The predicted octanol–water partition coefficient (Wildman–Crippen LogP) is 6.62. The lowest BCUT2D eigenvalue weighted by Gasteiger charge is -2.38. The van der Waals surface area contributed by atoms with Crippen molar-refractivity contribution in [3.8, 4) is 17.2 Å². The second-order valence-corrected chi connectivity index (χ2v) is 9.63. The Morgan fingerprint density at radius 1 is 1.00 bits per heavy atom. The quantitative estimate of drug-likeness (QED) is 0.418. The fourth-order valence-corrected chi connectivity index (χ4v) is 5.05. The third-order valence-electron chi connectivity index (χ3n) is 7.24. The molecule has 4 nitrogen and oxygen atoms in total. The summed E-state index contributed by atoms with van der Waals surface area (Å²) in [4.78, 5) is 2.43. The molecule has 5 rings (SSSR count). The van der Waals surface area contributed by atoms with Gasteiger partial charge in [0.1, 0.15) is 35.8 Å². The summed E-state index contributed by atoms with van der Waals surface area (Å²) in [6.07, 6.45) is 0.840. The van der Waals surface area contributed by atoms with Gasteiger partial charge in [0, 0.05) is 30.8 Å². The molecule has 0 amide bonds. The molecule has 1 saturated heterocycles. The molecule has 182 valence electrons. The Kier molecular flexibility index (Phi) is 6.52. The molecule has 1 fully saturated rings. The summed E-state index contributed by atoms with van der Waals surface area (Å²) < 4.78 is 26.7. The average molecular weight is 474 g/mol. The number of hydrogen-bond donors (Lipinski definition) is 1. The van der Waals surface area contributed by atoms with Gasteiger partial charge in [0.25, 0.3) is 0 Å². The molecule has 2 heterocycles. The van der Waals surface area contributed by atoms with E-state index in [9.17, 15) is 9.50 Å². The van der Waals surface area contributed by atoms with Crippen molar-refractivity contribution in [2.75, 3.05) is 26.2 Å². The monoisotopic (exact) mass is 473 g/mol. The molecule has 0 aromatic heterocycles. The standard InChI is InChI=1S/C30H32FNO3/c1-4-21-17-32(18-21)13-14-34-25-10-6-22(7-11-25)30-29(26-15-23(31)8-5-19(26)2)20(3)27-16-24(33)9-12-28(27)35-30/h5-12,15-16,21,30,33H,4,13-14,17-18H2,1-3H3/t30-/m1/s1. The number of ether oxygens (including phenoxy) is 2. The van der Waals surface area contributed by atoms with Crippen LogP contribution in [0.5, 0.6) is 17.2 Å². The fraction of sp³-hybridized carbons (Fsp3) is 0.333. The minimum absolute atomic E-state index is 0.172. The van der Waals surface area contributed by atoms with Crippen molar-refractivity contribution in [3.05, 3.63) is 88.7 Å². The zero-order valence-corrected chi connectivity index (χ0v) is 20.6. The van der Waals surface area contributed by atoms with Gasteiger partial charge >= 0.3 is 0 Å². The van der Waals surface area contributed by atoms with E-state index in [0.717, 1.165) is 51.6 Å². The zero-order chi connectivity index (χ0) is 24.5. The maximum absolute atomic E-state index is 14.3. The van der Waals surface area contributed by atoms with Gasteiger partial charge < -0.3 is 14.6 Å². The van der Waals surface area contributed by atoms with Crippen molar-refractivity contribution in [2.45, 2.75) is 33.3 Å². The molecule has 5 heteroatoms. The Bertz CT molecular complexity index is 1240. The number of aryl methyl sites for hydroxylation is 1. The van der Waals surface area contributed by atoms with Gasteiger partial charge in [-0.05, 0) is 84.5 Å². The SMILES string of the molecule is CCC1CN(CCOc2ccc([C@H]3Oc4ccc(O)cc4C(C)=C3c3cc(F)ccc3C)cc2)C1. The normalized spacial score (nSPS) is 18.1. The topological polar surface area (TPSA) is 41.9 Å². The van der Waals surface area contributed by atoms with Crippen molar-refractivity contribution in [1.29, 1.82) is 0 Å². The number of benzene rings is 3. The van der Waals surface area contributed by atoms with E-state index in [4.69, 9.17) is 9.47 Å². The van der Waals surface area contributed by atoms with E-state index in [1.807, 2.05) is 38.1 Å². The summed E-state index contributed by atoms with van der Waals surface area (Å²) in [6, 6.07) is 17.9. The first-order chi connectivity index (χ1) is 16.9. The summed E-state index contributed by atoms with van der Waals surface area (Å²) in [5.41, 5.74) is 5.41. The molecule has 0 spiro atoms. The molecule has 35 heavy (non-hydrogen) atoms. The summed E-state index contributed by atoms with van der Waals surface area (Å²) in [5, 5.41) is 10.1. The van der Waals surface area contributed by atoms with Crippen molar-refractivity contribution in [1.82, 2.24) is 4.90 Å². The minimum atomic E-state index is -0.409. The van der Waals surface area contributed by atoms with E-state index in [2.05, 4.69) is 11.8 Å². The Morgan fingerprint density at radius 2 is 1.77 bits per heavy atom. The summed E-state index contributed by atoms with van der Waals surface area (Å²) >= 11 is 0. The van der Waals surface area contributed by atoms with Gasteiger partial charge in [-0.2, -0.15) is 0 Å². The van der Waals surface area contributed by atoms with E-state index < -0.39 is 6.10 Å². The Hall–Kier alpha value is -3.31. The number of allylic oxidation sites excluding steroid dienone is 1. The molecule has 2 aliphatic heterocycles. The number of phenolic OH excluding ortho intramolecular Hbond substituents is 1. The van der Waals surface area contributed by atoms with Gasteiger partial charge in [0.2, 0.25) is 0 Å². The van der Waals surface area contributed by atoms with Crippen LogP contribution in [-0.4, -0.2) is 36.2 Å². The summed E-state index contributed by atoms with van der Waals surface area (Å²) in [5.74, 6) is 2.24. The molecular formula is C30H32FNO3. The summed E-state index contributed by atoms with van der Waals surface area (Å²) in [6.45, 7) is 10.2. The first-order valence-corrected chi connectivity index (χ1v) is 12.4. The molecule has 3 aromatic carbocycles. The zero-order valence-electron chi connectivity index (χ0n) is 20.6. The average Bonchev–Trinajstić information content (AvgIpc) is 2.83. The Morgan fingerprint density at radius 3 is 2.51 bits per heavy atom. The highest BCUT2D eigenvalue weighted by Crippen LogP contribution is 2.48. The van der Waals surface area contributed by atoms with E-state index in [1.165, 1.54) is 25.6 Å². The third kappa shape index (κ3) is 4.78. The van der Waals surface area contributed by atoms with Gasteiger partial charge in [-0.1, -0.05) is 31.5 Å². The molecule has 0 radical (unpaired) electrons. The number of rotatable bonds is 7. The Labute approximate surface area is 206 Å². The Balaban J connectivity index is 1.41. The van der Waals surface area contributed by atoms with E-state index in [1.54, 1.807) is 30.3 Å². The van der Waals surface area contributed by atoms with Crippen molar-refractivity contribution in [3.63, 3.8) is 0 Å². The highest BCUT2D eigenvalue weighted by atomic mass is 19.1. The van der Waals surface area contributed by atoms with Crippen molar-refractivity contribution >= 4 is 11.1 Å². The third-order valence-corrected chi connectivity index (χ3v) is 7.24. The molecule has 0 bridgehead atoms. The van der Waals surface area contributed by atoms with E-state index in [-0.39, 0.29) is 11.6 Å². The van der Waals surface area contributed by atoms with Crippen LogP contribution in [0.2, 0.25) is 0 Å². The number of hydrogen-bond acceptors (Lipinski definition) is 4. The van der Waals surface area contributed by atoms with Crippen LogP contribution < -0.4 is 9.47 Å². The highest BCUT2D eigenvalue weighted by molar-refractivity contribution is 5.96. The van der Waals surface area contributed by atoms with Gasteiger partial charge in [0.05, 0.1) is 0 Å². The minimum Gasteiger partial charge on any atom is -0.508 e. The molecule has 3 aromatic rings. The number of fused-ring (bicyclic) bond motifs is 1. The molecule has 1 N–H and O–H groups in total. The molecule has 2 aliphatic rings. The number of nitrogens with zero attached hydrogens (tertiary/aromatic N) is 1. The van der Waals surface area contributed by atoms with E-state index >= 15 is 0 Å². The second kappa shape index (κ2) is 9.74. The van der Waals surface area contributed by atoms with Crippen molar-refractivity contribution in [2.24, 2.45) is 5.92 Å². The van der Waals surface area contributed by atoms with Gasteiger partial charge in [-0.25, -0.2) is 4.39 Å². The van der Waals surface area contributed by atoms with Crippen LogP contribution >= 0.6 is 0 Å². The molecule has 0 unspecified atom stereocenters. The van der Waals surface area contributed by atoms with Crippen LogP contribution in [0.25, 0.3) is 11.1 Å². The van der Waals surface area contributed by atoms with E-state index in [0.29, 0.717) is 12.4 Å². The fourth-order valence-electron chi connectivity index (χ4n) is 5.05. The van der Waals surface area contributed by atoms with Crippen LogP contribution in [0.4, 0.5) is 4.39 Å². The smallest absolute Gasteiger partial charge is 0.150 e. The van der Waals surface area contributed by atoms with Crippen LogP contribution in [0.15, 0.2) is 60.7 Å². The summed E-state index contributed by atoms with van der Waals surface area (Å²) in [7, 11) is 0. The van der Waals surface area contributed by atoms with Crippen molar-refractivity contribution < 1.29 is 19.0 Å². The maximum atomic E-state index is 14.3. The predicted molar refractivity (Wildman–Crippen MR) is 137 cm³/mol. The van der Waals surface area contributed by atoms with Crippen LogP contribution in [0, 0.1) is 18.7 Å². The second-order valence-electron chi connectivity index (χ2n) is 9.63. The highest BCUT2D eigenvalue weighted by Gasteiger charge is 2.30. The number of halogens is 1. The molecular weight excluding hydrogens is 441 g/mol. The molecule has 0 aliphatic carbocycles. The maximum Gasteiger partial charge on any atom is 0.150 e. The molecule has 1 atom stereocenters. The first kappa shape index (κ1) is 23.4. The van der Waals surface area contributed by atoms with Gasteiger partial charge in [-0.15, -0.1) is 0 Å². The van der Waals surface area contributed by atoms with Crippen LogP contribution in [0.3, 0.4) is 0 Å². The number of phenols is 1. The lowest BCUT2D eigenvalue weighted by molar-refractivity contribution is 0.0806. The largest absolute Gasteiger partial charge is 0.508 e. The lowest BCUT2D eigenvalue weighted by Crippen LogP contribution is -2.47. The van der Waals surface area contributed by atoms with Crippen LogP contribution in [-0.2, 0) is 0 Å². The lowest BCUT2D eigenvalue weighted by atomic mass is 9.84. The van der Waals surface area contributed by atoms with Gasteiger partial charge in [0.15, 0.2) is 0 Å². The number of aromatic hydroxyl groups is 1. The van der Waals surface area contributed by atoms with Gasteiger partial charge in [-0.3, -0.25) is 4.90 Å².